The number of hydrogen-bond donors (Lipinski definition) is 2. The van der Waals surface area contributed by atoms with Gasteiger partial charge in [0.1, 0.15) is 23.2 Å². The Kier molecular flexibility index (Phi) is 4.50. The second kappa shape index (κ2) is 6.15. The highest BCUT2D eigenvalue weighted by molar-refractivity contribution is 5.42. The molecule has 0 bridgehead atoms. The molecule has 3 N–H and O–H groups in total. The molecule has 112 valence electrons. The Labute approximate surface area is 120 Å². The molecule has 0 saturated heterocycles. The maximum atomic E-state index is 13.9. The summed E-state index contributed by atoms with van der Waals surface area (Å²) in [6, 6.07) is 5.35. The second-order valence-electron chi connectivity index (χ2n) is 4.61. The summed E-state index contributed by atoms with van der Waals surface area (Å²) in [5.41, 5.74) is 3.35. The van der Waals surface area contributed by atoms with E-state index in [1.54, 1.807) is 25.1 Å². The van der Waals surface area contributed by atoms with Crippen molar-refractivity contribution in [3.63, 3.8) is 0 Å². The molecule has 0 aliphatic carbocycles. The monoisotopic (exact) mass is 296 g/mol. The predicted octanol–water partition coefficient (Wildman–Crippen LogP) is 2.97. The molecular formula is C15H15F3N2O. The zero-order valence-electron chi connectivity index (χ0n) is 11.6. The van der Waals surface area contributed by atoms with Crippen molar-refractivity contribution >= 4 is 0 Å². The molecule has 3 nitrogen and oxygen atoms in total. The Morgan fingerprint density at radius 2 is 1.71 bits per heavy atom. The molecule has 0 amide bonds. The summed E-state index contributed by atoms with van der Waals surface area (Å²) >= 11 is 0. The van der Waals surface area contributed by atoms with Crippen molar-refractivity contribution in [2.24, 2.45) is 5.84 Å². The van der Waals surface area contributed by atoms with E-state index in [4.69, 9.17) is 10.6 Å². The van der Waals surface area contributed by atoms with E-state index in [0.717, 1.165) is 5.56 Å². The number of nitrogens with one attached hydrogen (secondary N) is 1. The summed E-state index contributed by atoms with van der Waals surface area (Å²) in [7, 11) is 1.52. The van der Waals surface area contributed by atoms with Gasteiger partial charge >= 0.3 is 0 Å². The highest BCUT2D eigenvalue weighted by Crippen LogP contribution is 2.30. The molecule has 0 radical (unpaired) electrons. The maximum Gasteiger partial charge on any atom is 0.134 e. The van der Waals surface area contributed by atoms with Crippen LogP contribution in [0.25, 0.3) is 0 Å². The molecule has 2 aromatic carbocycles. The smallest absolute Gasteiger partial charge is 0.134 e. The summed E-state index contributed by atoms with van der Waals surface area (Å²) in [6.45, 7) is 1.77. The number of halogens is 3. The van der Waals surface area contributed by atoms with Crippen molar-refractivity contribution in [1.29, 1.82) is 0 Å². The minimum Gasteiger partial charge on any atom is -0.497 e. The first-order valence-electron chi connectivity index (χ1n) is 6.23. The van der Waals surface area contributed by atoms with Crippen LogP contribution in [0, 0.1) is 24.4 Å². The Balaban J connectivity index is 2.55. The molecule has 0 aromatic heterocycles. The standard InChI is InChI=1S/C15H15F3N2O/c1-8-5-10(21-2)3-4-11(8)15(20-19)14-12(17)6-9(16)7-13(14)18/h3-7,15,20H,19H2,1-2H3. The van der Waals surface area contributed by atoms with Crippen LogP contribution in [0.5, 0.6) is 5.75 Å². The van der Waals surface area contributed by atoms with Gasteiger partial charge in [0.05, 0.1) is 13.2 Å². The molecule has 1 atom stereocenters. The van der Waals surface area contributed by atoms with Crippen molar-refractivity contribution in [2.75, 3.05) is 7.11 Å². The number of hydrazine groups is 1. The lowest BCUT2D eigenvalue weighted by Gasteiger charge is -2.20. The average molecular weight is 296 g/mol. The van der Waals surface area contributed by atoms with Crippen LogP contribution in [0.3, 0.4) is 0 Å². The summed E-state index contributed by atoms with van der Waals surface area (Å²) in [6.07, 6.45) is 0. The summed E-state index contributed by atoms with van der Waals surface area (Å²) in [4.78, 5) is 0. The van der Waals surface area contributed by atoms with Crippen molar-refractivity contribution in [3.8, 4) is 5.75 Å². The zero-order valence-corrected chi connectivity index (χ0v) is 11.6. The number of nitrogens with two attached hydrogens (primary N) is 1. The Morgan fingerprint density at radius 1 is 1.10 bits per heavy atom. The lowest BCUT2D eigenvalue weighted by molar-refractivity contribution is 0.414. The molecule has 2 rings (SSSR count). The SMILES string of the molecule is COc1ccc(C(NN)c2c(F)cc(F)cc2F)c(C)c1. The second-order valence-corrected chi connectivity index (χ2v) is 4.61. The fraction of sp³-hybridized carbons (Fsp3) is 0.200. The number of ether oxygens (including phenoxy) is 1. The van der Waals surface area contributed by atoms with Gasteiger partial charge in [0.15, 0.2) is 0 Å². The highest BCUT2D eigenvalue weighted by Gasteiger charge is 2.23. The van der Waals surface area contributed by atoms with Crippen molar-refractivity contribution in [2.45, 2.75) is 13.0 Å². The number of rotatable bonds is 4. The third-order valence-electron chi connectivity index (χ3n) is 3.29. The van der Waals surface area contributed by atoms with Gasteiger partial charge in [-0.25, -0.2) is 18.6 Å². The van der Waals surface area contributed by atoms with Gasteiger partial charge in [0.25, 0.3) is 0 Å². The van der Waals surface area contributed by atoms with Crippen LogP contribution in [0.15, 0.2) is 30.3 Å². The fourth-order valence-corrected chi connectivity index (χ4v) is 2.26. The fourth-order valence-electron chi connectivity index (χ4n) is 2.26. The predicted molar refractivity (Wildman–Crippen MR) is 73.2 cm³/mol. The van der Waals surface area contributed by atoms with Gasteiger partial charge in [-0.1, -0.05) is 6.07 Å². The van der Waals surface area contributed by atoms with Gasteiger partial charge < -0.3 is 4.74 Å². The van der Waals surface area contributed by atoms with Crippen LogP contribution in [-0.2, 0) is 0 Å². The lowest BCUT2D eigenvalue weighted by Crippen LogP contribution is -2.31. The van der Waals surface area contributed by atoms with Crippen LogP contribution in [0.2, 0.25) is 0 Å². The molecule has 0 spiro atoms. The molecule has 6 heteroatoms. The zero-order chi connectivity index (χ0) is 15.6. The van der Waals surface area contributed by atoms with Gasteiger partial charge in [-0.2, -0.15) is 0 Å². The molecular weight excluding hydrogens is 281 g/mol. The van der Waals surface area contributed by atoms with E-state index in [2.05, 4.69) is 5.43 Å². The minimum atomic E-state index is -0.995. The molecule has 21 heavy (non-hydrogen) atoms. The Morgan fingerprint density at radius 3 is 2.19 bits per heavy atom. The highest BCUT2D eigenvalue weighted by atomic mass is 19.1. The van der Waals surface area contributed by atoms with Gasteiger partial charge in [-0.05, 0) is 30.2 Å². The van der Waals surface area contributed by atoms with Gasteiger partial charge in [-0.3, -0.25) is 5.84 Å². The van der Waals surface area contributed by atoms with Crippen molar-refractivity contribution < 1.29 is 17.9 Å². The van der Waals surface area contributed by atoms with E-state index in [1.807, 2.05) is 0 Å². The largest absolute Gasteiger partial charge is 0.497 e. The number of benzene rings is 2. The normalized spacial score (nSPS) is 12.3. The van der Waals surface area contributed by atoms with Crippen molar-refractivity contribution in [1.82, 2.24) is 5.43 Å². The van der Waals surface area contributed by atoms with Crippen LogP contribution < -0.4 is 16.0 Å². The molecule has 0 aliphatic heterocycles. The molecule has 0 heterocycles. The minimum absolute atomic E-state index is 0.327. The first-order chi connectivity index (χ1) is 9.97. The van der Waals surface area contributed by atoms with Crippen LogP contribution in [-0.4, -0.2) is 7.11 Å². The number of methoxy groups -OCH3 is 1. The van der Waals surface area contributed by atoms with Crippen molar-refractivity contribution in [3.05, 3.63) is 64.5 Å². The van der Waals surface area contributed by atoms with E-state index >= 15 is 0 Å². The van der Waals surface area contributed by atoms with Gasteiger partial charge in [0, 0.05) is 17.7 Å². The first-order valence-corrected chi connectivity index (χ1v) is 6.23. The Bertz CT molecular complexity index is 638. The van der Waals surface area contributed by atoms with Crippen LogP contribution in [0.4, 0.5) is 13.2 Å². The summed E-state index contributed by atoms with van der Waals surface area (Å²) < 4.78 is 45.9. The van der Waals surface area contributed by atoms with E-state index in [-0.39, 0.29) is 5.56 Å². The van der Waals surface area contributed by atoms with Gasteiger partial charge in [-0.15, -0.1) is 0 Å². The van der Waals surface area contributed by atoms with Crippen LogP contribution in [0.1, 0.15) is 22.7 Å². The average Bonchev–Trinajstić information content (AvgIpc) is 2.43. The van der Waals surface area contributed by atoms with Gasteiger partial charge in [0.2, 0.25) is 0 Å². The van der Waals surface area contributed by atoms with E-state index in [1.165, 1.54) is 7.11 Å². The van der Waals surface area contributed by atoms with Crippen LogP contribution >= 0.6 is 0 Å². The van der Waals surface area contributed by atoms with E-state index in [0.29, 0.717) is 23.4 Å². The molecule has 0 saturated carbocycles. The quantitative estimate of drug-likeness (QED) is 0.673. The molecule has 0 fully saturated rings. The molecule has 0 aliphatic rings. The first kappa shape index (κ1) is 15.3. The maximum absolute atomic E-state index is 13.9. The van der Waals surface area contributed by atoms with E-state index < -0.39 is 23.5 Å². The van der Waals surface area contributed by atoms with E-state index in [9.17, 15) is 13.2 Å². The molecule has 2 aromatic rings. The summed E-state index contributed by atoms with van der Waals surface area (Å²) in [5, 5.41) is 0. The third kappa shape index (κ3) is 3.01. The lowest BCUT2D eigenvalue weighted by atomic mass is 9.94. The Hall–Kier alpha value is -2.05. The summed E-state index contributed by atoms with van der Waals surface area (Å²) in [5.74, 6) is 3.10. The third-order valence-corrected chi connectivity index (χ3v) is 3.29. The number of aryl methyl sites for hydroxylation is 1. The number of hydrogen-bond acceptors (Lipinski definition) is 3. The topological polar surface area (TPSA) is 47.3 Å². The molecule has 1 unspecified atom stereocenters.